The van der Waals surface area contributed by atoms with Crippen LogP contribution in [0.25, 0.3) is 10.2 Å². The Morgan fingerprint density at radius 1 is 1.07 bits per heavy atom. The number of nitrogens with one attached hydrogen (secondary N) is 3. The molecule has 1 aromatic carbocycles. The molecule has 2 heterocycles. The zero-order valence-corrected chi connectivity index (χ0v) is 27.2. The molecule has 2 aromatic rings. The van der Waals surface area contributed by atoms with Gasteiger partial charge >= 0.3 is 0 Å². The van der Waals surface area contributed by atoms with Gasteiger partial charge in [-0.1, -0.05) is 52.7 Å². The number of rotatable bonds is 13. The number of hydrogen-bond donors (Lipinski definition) is 3. The maximum absolute atomic E-state index is 13.8. The van der Waals surface area contributed by atoms with Crippen molar-refractivity contribution in [2.45, 2.75) is 83.7 Å². The molecule has 43 heavy (non-hydrogen) atoms. The van der Waals surface area contributed by atoms with Crippen molar-refractivity contribution in [3.8, 4) is 0 Å². The quantitative estimate of drug-likeness (QED) is 0.298. The smallest absolute Gasteiger partial charge is 0.247 e. The van der Waals surface area contributed by atoms with Gasteiger partial charge in [0, 0.05) is 63.7 Å². The maximum Gasteiger partial charge on any atom is 0.247 e. The lowest BCUT2D eigenvalue weighted by atomic mass is 9.83. The zero-order chi connectivity index (χ0) is 30.9. The van der Waals surface area contributed by atoms with Crippen molar-refractivity contribution in [3.05, 3.63) is 40.9 Å². The SMILES string of the molecule is C=C(CN1CCN(C)CC1)C(=O)NC[C@@H](NC(=O)[C@H](Cc1nc2ccc(C(C)C)cc2s1)NC(=O)CC)C1CCCCC1. The molecule has 3 amide bonds. The van der Waals surface area contributed by atoms with Gasteiger partial charge in [-0.2, -0.15) is 0 Å². The molecule has 2 atom stereocenters. The standard InChI is InChI=1S/C33H50N6O3S/c1-6-30(40)35-27(19-31-36-26-13-12-25(22(2)3)18-29(26)43-31)33(42)37-28(24-10-8-7-9-11-24)20-34-32(41)23(4)21-39-16-14-38(5)15-17-39/h12-13,18,22,24,27-28H,4,6-11,14-17,19-21H2,1-3,5H3,(H,34,41)(H,35,40)(H,37,42)/t27-,28+/m0/s1. The van der Waals surface area contributed by atoms with Crippen molar-refractivity contribution in [2.75, 3.05) is 46.3 Å². The lowest BCUT2D eigenvalue weighted by molar-refractivity contribution is -0.129. The predicted octanol–water partition coefficient (Wildman–Crippen LogP) is 3.84. The maximum atomic E-state index is 13.8. The minimum Gasteiger partial charge on any atom is -0.350 e. The number of benzene rings is 1. The van der Waals surface area contributed by atoms with Gasteiger partial charge in [0.05, 0.1) is 15.2 Å². The monoisotopic (exact) mass is 610 g/mol. The third-order valence-electron chi connectivity index (χ3n) is 8.84. The molecule has 0 bridgehead atoms. The first-order chi connectivity index (χ1) is 20.6. The first-order valence-electron chi connectivity index (χ1n) is 16.0. The summed E-state index contributed by atoms with van der Waals surface area (Å²) in [4.78, 5) is 48.6. The Hall–Kier alpha value is -2.82. The van der Waals surface area contributed by atoms with Crippen LogP contribution in [0.3, 0.4) is 0 Å². The summed E-state index contributed by atoms with van der Waals surface area (Å²) in [7, 11) is 2.11. The fourth-order valence-electron chi connectivity index (χ4n) is 5.95. The number of aromatic nitrogens is 1. The average molecular weight is 611 g/mol. The highest BCUT2D eigenvalue weighted by Gasteiger charge is 2.30. The molecular formula is C33H50N6O3S. The summed E-state index contributed by atoms with van der Waals surface area (Å²) in [6.07, 6.45) is 6.04. The van der Waals surface area contributed by atoms with E-state index in [4.69, 9.17) is 4.98 Å². The van der Waals surface area contributed by atoms with Gasteiger partial charge in [-0.15, -0.1) is 11.3 Å². The van der Waals surface area contributed by atoms with Crippen LogP contribution in [0.2, 0.25) is 0 Å². The largest absolute Gasteiger partial charge is 0.350 e. The van der Waals surface area contributed by atoms with E-state index in [0.29, 0.717) is 37.4 Å². The Balaban J connectivity index is 1.43. The number of nitrogens with zero attached hydrogens (tertiary/aromatic N) is 3. The second-order valence-electron chi connectivity index (χ2n) is 12.6. The van der Waals surface area contributed by atoms with Gasteiger partial charge < -0.3 is 20.9 Å². The van der Waals surface area contributed by atoms with Crippen molar-refractivity contribution in [1.82, 2.24) is 30.7 Å². The van der Waals surface area contributed by atoms with E-state index in [-0.39, 0.29) is 29.7 Å². The van der Waals surface area contributed by atoms with E-state index in [1.807, 2.05) is 6.07 Å². The molecule has 0 unspecified atom stereocenters. The lowest BCUT2D eigenvalue weighted by Crippen LogP contribution is -2.55. The summed E-state index contributed by atoms with van der Waals surface area (Å²) in [5, 5.41) is 10.1. The highest BCUT2D eigenvalue weighted by atomic mass is 32.1. The van der Waals surface area contributed by atoms with Crippen molar-refractivity contribution in [1.29, 1.82) is 0 Å². The van der Waals surface area contributed by atoms with Crippen molar-refractivity contribution in [2.24, 2.45) is 5.92 Å². The Kier molecular flexibility index (Phi) is 12.1. The second kappa shape index (κ2) is 15.8. The molecular weight excluding hydrogens is 560 g/mol. The van der Waals surface area contributed by atoms with Crippen LogP contribution in [-0.2, 0) is 20.8 Å². The van der Waals surface area contributed by atoms with Crippen LogP contribution >= 0.6 is 11.3 Å². The van der Waals surface area contributed by atoms with Crippen LogP contribution in [0.4, 0.5) is 0 Å². The highest BCUT2D eigenvalue weighted by Crippen LogP contribution is 2.28. The van der Waals surface area contributed by atoms with Gasteiger partial charge in [0.1, 0.15) is 6.04 Å². The topological polar surface area (TPSA) is 107 Å². The van der Waals surface area contributed by atoms with Gasteiger partial charge in [0.2, 0.25) is 17.7 Å². The number of fused-ring (bicyclic) bond motifs is 1. The molecule has 3 N–H and O–H groups in total. The van der Waals surface area contributed by atoms with Crippen LogP contribution in [-0.4, -0.2) is 90.9 Å². The Morgan fingerprint density at radius 2 is 1.79 bits per heavy atom. The van der Waals surface area contributed by atoms with Gasteiger partial charge in [0.15, 0.2) is 0 Å². The van der Waals surface area contributed by atoms with Crippen molar-refractivity contribution >= 4 is 39.3 Å². The molecule has 10 heteroatoms. The number of piperazine rings is 1. The van der Waals surface area contributed by atoms with E-state index in [1.165, 1.54) is 12.0 Å². The van der Waals surface area contributed by atoms with E-state index < -0.39 is 6.04 Å². The predicted molar refractivity (Wildman–Crippen MR) is 174 cm³/mol. The summed E-state index contributed by atoms with van der Waals surface area (Å²) in [6.45, 7) is 14.9. The fourth-order valence-corrected chi connectivity index (χ4v) is 7.01. The molecule has 1 saturated carbocycles. The Morgan fingerprint density at radius 3 is 2.47 bits per heavy atom. The summed E-state index contributed by atoms with van der Waals surface area (Å²) >= 11 is 1.57. The van der Waals surface area contributed by atoms with E-state index in [0.717, 1.165) is 67.1 Å². The van der Waals surface area contributed by atoms with Crippen LogP contribution < -0.4 is 16.0 Å². The molecule has 4 rings (SSSR count). The van der Waals surface area contributed by atoms with E-state index >= 15 is 0 Å². The summed E-state index contributed by atoms with van der Waals surface area (Å²) < 4.78 is 1.08. The first kappa shape index (κ1) is 33.1. The molecule has 9 nitrogen and oxygen atoms in total. The molecule has 0 spiro atoms. The van der Waals surface area contributed by atoms with E-state index in [9.17, 15) is 14.4 Å². The fraction of sp³-hybridized carbons (Fsp3) is 0.636. The minimum absolute atomic E-state index is 0.167. The zero-order valence-electron chi connectivity index (χ0n) is 26.4. The summed E-state index contributed by atoms with van der Waals surface area (Å²) in [5.74, 6) is 0.109. The molecule has 2 aliphatic rings. The van der Waals surface area contributed by atoms with E-state index in [2.05, 4.69) is 65.4 Å². The first-order valence-corrected chi connectivity index (χ1v) is 16.8. The third kappa shape index (κ3) is 9.58. The molecule has 1 aliphatic carbocycles. The number of likely N-dealkylation sites (N-methyl/N-ethyl adjacent to an activating group) is 1. The third-order valence-corrected chi connectivity index (χ3v) is 9.88. The van der Waals surface area contributed by atoms with E-state index in [1.54, 1.807) is 18.3 Å². The van der Waals surface area contributed by atoms with Crippen LogP contribution in [0.1, 0.15) is 75.8 Å². The molecule has 2 fully saturated rings. The molecule has 0 radical (unpaired) electrons. The van der Waals surface area contributed by atoms with Crippen LogP contribution in [0.15, 0.2) is 30.4 Å². The van der Waals surface area contributed by atoms with Crippen LogP contribution in [0, 0.1) is 5.92 Å². The average Bonchev–Trinajstić information content (AvgIpc) is 3.41. The van der Waals surface area contributed by atoms with Crippen molar-refractivity contribution < 1.29 is 14.4 Å². The Labute approximate surface area is 260 Å². The van der Waals surface area contributed by atoms with Gasteiger partial charge in [-0.05, 0) is 49.4 Å². The van der Waals surface area contributed by atoms with Gasteiger partial charge in [0.25, 0.3) is 0 Å². The normalized spacial score (nSPS) is 18.3. The van der Waals surface area contributed by atoms with Crippen molar-refractivity contribution in [3.63, 3.8) is 0 Å². The summed E-state index contributed by atoms with van der Waals surface area (Å²) in [6, 6.07) is 5.33. The summed E-state index contributed by atoms with van der Waals surface area (Å²) in [5.41, 5.74) is 2.70. The number of hydrogen-bond acceptors (Lipinski definition) is 7. The number of amides is 3. The highest BCUT2D eigenvalue weighted by molar-refractivity contribution is 7.18. The van der Waals surface area contributed by atoms with Gasteiger partial charge in [-0.3, -0.25) is 19.3 Å². The lowest BCUT2D eigenvalue weighted by Gasteiger charge is -2.33. The molecule has 1 aliphatic heterocycles. The van der Waals surface area contributed by atoms with Crippen LogP contribution in [0.5, 0.6) is 0 Å². The minimum atomic E-state index is -0.744. The number of carbonyl (C=O) groups excluding carboxylic acids is 3. The molecule has 236 valence electrons. The van der Waals surface area contributed by atoms with Gasteiger partial charge in [-0.25, -0.2) is 4.98 Å². The Bertz CT molecular complexity index is 1260. The molecule has 1 saturated heterocycles. The second-order valence-corrected chi connectivity index (χ2v) is 13.7. The number of carbonyl (C=O) groups is 3. The number of thiazole rings is 1. The molecule has 1 aromatic heterocycles.